The van der Waals surface area contributed by atoms with Crippen LogP contribution in [0.3, 0.4) is 0 Å². The van der Waals surface area contributed by atoms with Gasteiger partial charge in [-0.2, -0.15) is 4.31 Å². The van der Waals surface area contributed by atoms with Gasteiger partial charge in [-0.15, -0.1) is 0 Å². The molecule has 0 radical (unpaired) electrons. The molecule has 0 amide bonds. The van der Waals surface area contributed by atoms with E-state index in [1.807, 2.05) is 0 Å². The fourth-order valence-corrected chi connectivity index (χ4v) is 4.25. The lowest BCUT2D eigenvalue weighted by Gasteiger charge is -2.27. The van der Waals surface area contributed by atoms with Crippen LogP contribution in [0.2, 0.25) is 0 Å². The molecule has 0 spiro atoms. The number of rotatable bonds is 5. The molecular formula is C16H17FN4O2S. The zero-order chi connectivity index (χ0) is 17.3. The molecule has 0 fully saturated rings. The smallest absolute Gasteiger partial charge is 0.245 e. The van der Waals surface area contributed by atoms with E-state index in [4.69, 9.17) is 0 Å². The highest BCUT2D eigenvalue weighted by molar-refractivity contribution is 7.89. The number of hydrogen-bond donors (Lipinski definition) is 1. The zero-order valence-electron chi connectivity index (χ0n) is 13.3. The van der Waals surface area contributed by atoms with E-state index < -0.39 is 16.1 Å². The van der Waals surface area contributed by atoms with Crippen LogP contribution in [0.4, 0.5) is 4.39 Å². The van der Waals surface area contributed by atoms with Crippen LogP contribution in [-0.4, -0.2) is 34.2 Å². The Morgan fingerprint density at radius 3 is 2.62 bits per heavy atom. The van der Waals surface area contributed by atoms with Gasteiger partial charge in [-0.05, 0) is 30.7 Å². The number of benzene rings is 1. The number of nitrogens with one attached hydrogen (secondary N) is 1. The van der Waals surface area contributed by atoms with Crippen molar-refractivity contribution in [2.24, 2.45) is 0 Å². The largest absolute Gasteiger partial charge is 0.343 e. The van der Waals surface area contributed by atoms with Gasteiger partial charge in [0, 0.05) is 18.8 Å². The molecule has 1 N–H and O–H groups in total. The highest BCUT2D eigenvalue weighted by atomic mass is 32.2. The molecule has 1 aromatic carbocycles. The topological polar surface area (TPSA) is 79.0 Å². The molecule has 1 atom stereocenters. The van der Waals surface area contributed by atoms with Crippen molar-refractivity contribution in [1.82, 2.24) is 19.3 Å². The molecule has 0 saturated carbocycles. The number of imidazole rings is 1. The van der Waals surface area contributed by atoms with Gasteiger partial charge in [0.15, 0.2) is 5.65 Å². The van der Waals surface area contributed by atoms with Gasteiger partial charge >= 0.3 is 0 Å². The number of halogens is 1. The van der Waals surface area contributed by atoms with E-state index >= 15 is 0 Å². The molecule has 0 bridgehead atoms. The van der Waals surface area contributed by atoms with E-state index in [9.17, 15) is 12.8 Å². The molecule has 126 valence electrons. The number of pyridine rings is 1. The van der Waals surface area contributed by atoms with Crippen molar-refractivity contribution < 1.29 is 12.8 Å². The molecule has 0 aliphatic carbocycles. The summed E-state index contributed by atoms with van der Waals surface area (Å²) in [6.07, 6.45) is 2.77. The third kappa shape index (κ3) is 2.90. The van der Waals surface area contributed by atoms with Crippen molar-refractivity contribution >= 4 is 21.2 Å². The lowest BCUT2D eigenvalue weighted by atomic mass is 10.1. The Kier molecular flexibility index (Phi) is 4.33. The zero-order valence-corrected chi connectivity index (χ0v) is 14.1. The summed E-state index contributed by atoms with van der Waals surface area (Å²) in [6, 6.07) is 6.92. The van der Waals surface area contributed by atoms with Gasteiger partial charge in [0.2, 0.25) is 10.0 Å². The first-order valence-electron chi connectivity index (χ1n) is 7.50. The lowest BCUT2D eigenvalue weighted by molar-refractivity contribution is 0.357. The van der Waals surface area contributed by atoms with Crippen LogP contribution in [-0.2, 0) is 10.0 Å². The van der Waals surface area contributed by atoms with Crippen molar-refractivity contribution in [3.8, 4) is 0 Å². The van der Waals surface area contributed by atoms with Crippen molar-refractivity contribution in [1.29, 1.82) is 0 Å². The van der Waals surface area contributed by atoms with Crippen molar-refractivity contribution in [2.75, 3.05) is 6.54 Å². The molecule has 0 aliphatic heterocycles. The molecule has 2 aromatic heterocycles. The Morgan fingerprint density at radius 1 is 1.25 bits per heavy atom. The van der Waals surface area contributed by atoms with E-state index in [0.29, 0.717) is 11.2 Å². The summed E-state index contributed by atoms with van der Waals surface area (Å²) >= 11 is 0. The normalized spacial score (nSPS) is 13.5. The van der Waals surface area contributed by atoms with Gasteiger partial charge in [0.1, 0.15) is 10.7 Å². The first kappa shape index (κ1) is 16.5. The van der Waals surface area contributed by atoms with E-state index in [2.05, 4.69) is 15.0 Å². The Hall–Kier alpha value is -2.32. The van der Waals surface area contributed by atoms with Gasteiger partial charge in [-0.1, -0.05) is 19.1 Å². The molecular weight excluding hydrogens is 331 g/mol. The average Bonchev–Trinajstić information content (AvgIpc) is 3.03. The average molecular weight is 348 g/mol. The molecule has 8 heteroatoms. The van der Waals surface area contributed by atoms with Crippen molar-refractivity contribution in [2.45, 2.75) is 24.8 Å². The van der Waals surface area contributed by atoms with Gasteiger partial charge in [-0.3, -0.25) is 0 Å². The minimum atomic E-state index is -3.75. The third-order valence-electron chi connectivity index (χ3n) is 3.95. The monoisotopic (exact) mass is 348 g/mol. The van der Waals surface area contributed by atoms with Crippen LogP contribution in [0.25, 0.3) is 11.2 Å². The fourth-order valence-electron chi connectivity index (χ4n) is 2.65. The summed E-state index contributed by atoms with van der Waals surface area (Å²) in [5, 5.41) is 0. The molecule has 24 heavy (non-hydrogen) atoms. The van der Waals surface area contributed by atoms with Crippen LogP contribution in [0.5, 0.6) is 0 Å². The maximum absolute atomic E-state index is 13.1. The predicted octanol–water partition coefficient (Wildman–Crippen LogP) is 2.87. The van der Waals surface area contributed by atoms with Crippen molar-refractivity contribution in [3.63, 3.8) is 0 Å². The highest BCUT2D eigenvalue weighted by Crippen LogP contribution is 2.27. The van der Waals surface area contributed by atoms with Crippen molar-refractivity contribution in [3.05, 3.63) is 54.2 Å². The Balaban J connectivity index is 1.99. The first-order valence-corrected chi connectivity index (χ1v) is 8.94. The molecule has 3 rings (SSSR count). The van der Waals surface area contributed by atoms with E-state index in [-0.39, 0.29) is 17.3 Å². The summed E-state index contributed by atoms with van der Waals surface area (Å²) < 4.78 is 40.4. The second-order valence-corrected chi connectivity index (χ2v) is 7.27. The Morgan fingerprint density at radius 2 is 1.96 bits per heavy atom. The molecule has 0 aliphatic rings. The number of H-pyrrole nitrogens is 1. The standard InChI is InChI=1S/C16H17FN4O2S/c1-3-21(11(2)12-4-6-13(17)7-5-12)24(22,23)14-8-15-16(18-9-14)20-10-19-15/h4-11H,3H2,1-2H3,(H,18,19,20)/t11-/m0/s1. The van der Waals surface area contributed by atoms with E-state index in [0.717, 1.165) is 5.56 Å². The number of nitrogens with zero attached hydrogens (tertiary/aromatic N) is 3. The predicted molar refractivity (Wildman–Crippen MR) is 88.3 cm³/mol. The second kappa shape index (κ2) is 6.29. The van der Waals surface area contributed by atoms with Crippen LogP contribution in [0, 0.1) is 5.82 Å². The fraction of sp³-hybridized carbons (Fsp3) is 0.250. The number of aromatic nitrogens is 3. The van der Waals surface area contributed by atoms with E-state index in [1.165, 1.54) is 35.0 Å². The summed E-state index contributed by atoms with van der Waals surface area (Å²) in [6.45, 7) is 3.82. The quantitative estimate of drug-likeness (QED) is 0.769. The second-order valence-electron chi connectivity index (χ2n) is 5.38. The third-order valence-corrected chi connectivity index (χ3v) is 5.96. The van der Waals surface area contributed by atoms with Crippen LogP contribution >= 0.6 is 0 Å². The summed E-state index contributed by atoms with van der Waals surface area (Å²) in [5.41, 5.74) is 1.74. The SMILES string of the molecule is CCN([C@@H](C)c1ccc(F)cc1)S(=O)(=O)c1cnc2nc[nH]c2c1. The number of sulfonamides is 1. The molecule has 3 aromatic rings. The number of hydrogen-bond acceptors (Lipinski definition) is 4. The summed E-state index contributed by atoms with van der Waals surface area (Å²) in [7, 11) is -3.75. The number of fused-ring (bicyclic) bond motifs is 1. The highest BCUT2D eigenvalue weighted by Gasteiger charge is 2.29. The minimum Gasteiger partial charge on any atom is -0.343 e. The molecule has 6 nitrogen and oxygen atoms in total. The number of aromatic amines is 1. The molecule has 2 heterocycles. The van der Waals surface area contributed by atoms with Gasteiger partial charge in [0.05, 0.1) is 11.8 Å². The lowest BCUT2D eigenvalue weighted by Crippen LogP contribution is -2.33. The van der Waals surface area contributed by atoms with Gasteiger partial charge in [-0.25, -0.2) is 22.8 Å². The first-order chi connectivity index (χ1) is 11.4. The Labute approximate surface area is 139 Å². The summed E-state index contributed by atoms with van der Waals surface area (Å²) in [4.78, 5) is 11.0. The van der Waals surface area contributed by atoms with E-state index in [1.54, 1.807) is 26.0 Å². The maximum atomic E-state index is 13.1. The maximum Gasteiger partial charge on any atom is 0.245 e. The van der Waals surface area contributed by atoms with Gasteiger partial charge < -0.3 is 4.98 Å². The summed E-state index contributed by atoms with van der Waals surface area (Å²) in [5.74, 6) is -0.356. The molecule has 0 unspecified atom stereocenters. The van der Waals surface area contributed by atoms with Crippen LogP contribution in [0.15, 0.2) is 47.8 Å². The Bertz CT molecular complexity index is 954. The minimum absolute atomic E-state index is 0.0926. The van der Waals surface area contributed by atoms with Gasteiger partial charge in [0.25, 0.3) is 0 Å². The van der Waals surface area contributed by atoms with Crippen LogP contribution < -0.4 is 0 Å². The van der Waals surface area contributed by atoms with Crippen LogP contribution in [0.1, 0.15) is 25.5 Å². The molecule has 0 saturated heterocycles.